The van der Waals surface area contributed by atoms with Crippen LogP contribution in [0, 0.1) is 0 Å². The van der Waals surface area contributed by atoms with E-state index < -0.39 is 0 Å². The summed E-state index contributed by atoms with van der Waals surface area (Å²) in [5.74, 6) is 1.98. The third-order valence-electron chi connectivity index (χ3n) is 3.29. The van der Waals surface area contributed by atoms with E-state index in [2.05, 4.69) is 22.2 Å². The Labute approximate surface area is 122 Å². The molecule has 0 bridgehead atoms. The van der Waals surface area contributed by atoms with E-state index in [0.717, 1.165) is 27.9 Å². The van der Waals surface area contributed by atoms with Gasteiger partial charge >= 0.3 is 0 Å². The first kappa shape index (κ1) is 12.9. The lowest BCUT2D eigenvalue weighted by atomic mass is 10.0. The summed E-state index contributed by atoms with van der Waals surface area (Å²) in [5.41, 5.74) is 1.01. The Hall–Kier alpha value is -2.07. The van der Waals surface area contributed by atoms with Crippen molar-refractivity contribution in [3.8, 4) is 5.75 Å². The summed E-state index contributed by atoms with van der Waals surface area (Å²) in [6, 6.07) is 12.1. The maximum absolute atomic E-state index is 6.09. The summed E-state index contributed by atoms with van der Waals surface area (Å²) < 4.78 is 7.55. The third-order valence-corrected chi connectivity index (χ3v) is 3.56. The molecule has 20 heavy (non-hydrogen) atoms. The van der Waals surface area contributed by atoms with Crippen molar-refractivity contribution in [1.82, 2.24) is 14.8 Å². The number of benzene rings is 2. The van der Waals surface area contributed by atoms with Crippen LogP contribution < -0.4 is 4.74 Å². The van der Waals surface area contributed by atoms with Crippen LogP contribution >= 0.6 is 11.6 Å². The summed E-state index contributed by atoms with van der Waals surface area (Å²) in [6.45, 7) is 0.374. The monoisotopic (exact) mass is 287 g/mol. The molecular weight excluding hydrogens is 274 g/mol. The molecule has 0 unspecified atom stereocenters. The molecule has 1 aromatic heterocycles. The topological polar surface area (TPSA) is 39.9 Å². The van der Waals surface area contributed by atoms with Gasteiger partial charge in [-0.25, -0.2) is 4.98 Å². The molecule has 0 aliphatic rings. The van der Waals surface area contributed by atoms with Gasteiger partial charge in [0.1, 0.15) is 18.7 Å². The minimum Gasteiger partial charge on any atom is -0.485 e. The lowest BCUT2D eigenvalue weighted by Crippen LogP contribution is -2.05. The van der Waals surface area contributed by atoms with Crippen LogP contribution in [0.1, 0.15) is 11.4 Å². The molecule has 0 atom stereocenters. The van der Waals surface area contributed by atoms with E-state index in [4.69, 9.17) is 16.3 Å². The van der Waals surface area contributed by atoms with Crippen LogP contribution in [0.5, 0.6) is 5.75 Å². The summed E-state index contributed by atoms with van der Waals surface area (Å²) in [4.78, 5) is 4.14. The number of alkyl halides is 1. The number of aromatic nitrogens is 3. The highest BCUT2D eigenvalue weighted by atomic mass is 35.5. The summed E-state index contributed by atoms with van der Waals surface area (Å²) >= 11 is 6.09. The average Bonchev–Trinajstić information content (AvgIpc) is 2.89. The largest absolute Gasteiger partial charge is 0.485 e. The third kappa shape index (κ3) is 2.34. The molecule has 0 N–H and O–H groups in total. The van der Waals surface area contributed by atoms with Gasteiger partial charge in [0.15, 0.2) is 5.82 Å². The predicted molar refractivity (Wildman–Crippen MR) is 78.8 cm³/mol. The van der Waals surface area contributed by atoms with Gasteiger partial charge in [-0.2, -0.15) is 5.10 Å². The van der Waals surface area contributed by atoms with Crippen LogP contribution in [0.15, 0.2) is 42.7 Å². The molecule has 0 aliphatic heterocycles. The van der Waals surface area contributed by atoms with Gasteiger partial charge in [0, 0.05) is 12.6 Å². The Morgan fingerprint density at radius 2 is 2.05 bits per heavy atom. The number of halogens is 1. The molecule has 102 valence electrons. The van der Waals surface area contributed by atoms with Crippen LogP contribution in [-0.4, -0.2) is 14.8 Å². The fourth-order valence-corrected chi connectivity index (χ4v) is 2.46. The first-order chi connectivity index (χ1) is 9.79. The molecule has 0 aliphatic carbocycles. The highest BCUT2D eigenvalue weighted by Gasteiger charge is 2.09. The van der Waals surface area contributed by atoms with Crippen molar-refractivity contribution in [3.05, 3.63) is 54.1 Å². The minimum absolute atomic E-state index is 0.374. The smallest absolute Gasteiger partial charge is 0.164 e. The molecule has 3 rings (SSSR count). The van der Waals surface area contributed by atoms with Gasteiger partial charge in [-0.1, -0.05) is 30.3 Å². The van der Waals surface area contributed by atoms with Crippen molar-refractivity contribution in [3.63, 3.8) is 0 Å². The maximum Gasteiger partial charge on any atom is 0.164 e. The number of ether oxygens (including phenoxy) is 1. The van der Waals surface area contributed by atoms with E-state index in [1.54, 1.807) is 4.68 Å². The van der Waals surface area contributed by atoms with E-state index in [0.29, 0.717) is 12.5 Å². The van der Waals surface area contributed by atoms with Crippen molar-refractivity contribution in [2.75, 3.05) is 0 Å². The van der Waals surface area contributed by atoms with Gasteiger partial charge in [0.2, 0.25) is 0 Å². The molecule has 0 saturated heterocycles. The molecule has 2 aromatic carbocycles. The molecule has 0 saturated carbocycles. The Morgan fingerprint density at radius 1 is 1.20 bits per heavy atom. The molecule has 3 aromatic rings. The summed E-state index contributed by atoms with van der Waals surface area (Å²) in [7, 11) is 1.84. The normalized spacial score (nSPS) is 10.9. The van der Waals surface area contributed by atoms with Crippen LogP contribution in [0.2, 0.25) is 0 Å². The highest BCUT2D eigenvalue weighted by molar-refractivity contribution is 6.18. The van der Waals surface area contributed by atoms with Gasteiger partial charge < -0.3 is 4.74 Å². The molecule has 5 heteroatoms. The van der Waals surface area contributed by atoms with Crippen molar-refractivity contribution < 1.29 is 4.74 Å². The predicted octanol–water partition coefficient (Wildman–Crippen LogP) is 3.29. The van der Waals surface area contributed by atoms with E-state index in [-0.39, 0.29) is 0 Å². The molecule has 0 amide bonds. The average molecular weight is 288 g/mol. The molecule has 0 spiro atoms. The zero-order valence-electron chi connectivity index (χ0n) is 11.1. The lowest BCUT2D eigenvalue weighted by molar-refractivity contribution is 0.288. The second-order valence-electron chi connectivity index (χ2n) is 4.49. The van der Waals surface area contributed by atoms with E-state index >= 15 is 0 Å². The van der Waals surface area contributed by atoms with E-state index in [1.807, 2.05) is 31.3 Å². The van der Waals surface area contributed by atoms with Crippen molar-refractivity contribution >= 4 is 22.4 Å². The minimum atomic E-state index is 0.374. The second kappa shape index (κ2) is 5.51. The van der Waals surface area contributed by atoms with Gasteiger partial charge in [-0.3, -0.25) is 4.68 Å². The summed E-state index contributed by atoms with van der Waals surface area (Å²) in [6.07, 6.45) is 1.52. The first-order valence-corrected chi connectivity index (χ1v) is 6.85. The Morgan fingerprint density at radius 3 is 2.80 bits per heavy atom. The van der Waals surface area contributed by atoms with Crippen LogP contribution in [-0.2, 0) is 19.5 Å². The van der Waals surface area contributed by atoms with Gasteiger partial charge in [0.05, 0.1) is 5.88 Å². The Bertz CT molecular complexity index is 739. The highest BCUT2D eigenvalue weighted by Crippen LogP contribution is 2.29. The number of nitrogens with zero attached hydrogens (tertiary/aromatic N) is 3. The maximum atomic E-state index is 6.09. The van der Waals surface area contributed by atoms with E-state index in [9.17, 15) is 0 Å². The Balaban J connectivity index is 1.93. The first-order valence-electron chi connectivity index (χ1n) is 6.32. The summed E-state index contributed by atoms with van der Waals surface area (Å²) in [5, 5.41) is 6.31. The number of hydrogen-bond donors (Lipinski definition) is 0. The fraction of sp³-hybridized carbons (Fsp3) is 0.200. The standard InChI is InChI=1S/C15H14ClN3O/c1-19-15(17-10-18-19)9-20-14-7-6-11-4-2-3-5-12(11)13(14)8-16/h2-7,10H,8-9H2,1H3. The molecular formula is C15H14ClN3O. The van der Waals surface area contributed by atoms with Crippen molar-refractivity contribution in [1.29, 1.82) is 0 Å². The zero-order chi connectivity index (χ0) is 13.9. The molecule has 1 heterocycles. The second-order valence-corrected chi connectivity index (χ2v) is 4.75. The number of aryl methyl sites for hydroxylation is 1. The molecule has 0 radical (unpaired) electrons. The van der Waals surface area contributed by atoms with Gasteiger partial charge in [-0.05, 0) is 16.8 Å². The number of fused-ring (bicyclic) bond motifs is 1. The lowest BCUT2D eigenvalue weighted by Gasteiger charge is -2.12. The molecule has 0 fully saturated rings. The van der Waals surface area contributed by atoms with Crippen molar-refractivity contribution in [2.45, 2.75) is 12.5 Å². The molecule has 4 nitrogen and oxygen atoms in total. The van der Waals surface area contributed by atoms with Gasteiger partial charge in [-0.15, -0.1) is 11.6 Å². The van der Waals surface area contributed by atoms with Crippen LogP contribution in [0.4, 0.5) is 0 Å². The van der Waals surface area contributed by atoms with Crippen LogP contribution in [0.25, 0.3) is 10.8 Å². The van der Waals surface area contributed by atoms with Crippen molar-refractivity contribution in [2.24, 2.45) is 7.05 Å². The fourth-order valence-electron chi connectivity index (χ4n) is 2.18. The van der Waals surface area contributed by atoms with Gasteiger partial charge in [0.25, 0.3) is 0 Å². The number of hydrogen-bond acceptors (Lipinski definition) is 3. The Kier molecular flexibility index (Phi) is 3.56. The number of rotatable bonds is 4. The van der Waals surface area contributed by atoms with Crippen LogP contribution in [0.3, 0.4) is 0 Å². The zero-order valence-corrected chi connectivity index (χ0v) is 11.8. The SMILES string of the molecule is Cn1ncnc1COc1ccc2ccccc2c1CCl. The quantitative estimate of drug-likeness (QED) is 0.691. The van der Waals surface area contributed by atoms with E-state index in [1.165, 1.54) is 6.33 Å².